The average molecular weight is 429 g/mol. The SMILES string of the molecule is CCOC(=O)CC(=O)Cc1cccc(-c2ccc(Oc3ncc(Cl)cc3F)cc2)n1. The summed E-state index contributed by atoms with van der Waals surface area (Å²) in [5.41, 5.74) is 1.99. The van der Waals surface area contributed by atoms with E-state index in [0.29, 0.717) is 17.1 Å². The Kier molecular flexibility index (Phi) is 7.08. The molecule has 0 aliphatic heterocycles. The lowest BCUT2D eigenvalue weighted by molar-refractivity contribution is -0.145. The van der Waals surface area contributed by atoms with E-state index in [1.54, 1.807) is 49.4 Å². The Balaban J connectivity index is 1.68. The number of hydrogen-bond acceptors (Lipinski definition) is 6. The van der Waals surface area contributed by atoms with Crippen LogP contribution in [0.1, 0.15) is 19.0 Å². The fraction of sp³-hybridized carbons (Fsp3) is 0.182. The number of Topliss-reactive ketones (excluding diaryl/α,β-unsaturated/α-hetero) is 1. The quantitative estimate of drug-likeness (QED) is 0.379. The molecule has 0 unspecified atom stereocenters. The van der Waals surface area contributed by atoms with E-state index in [2.05, 4.69) is 9.97 Å². The molecule has 0 saturated carbocycles. The molecule has 3 rings (SSSR count). The molecule has 0 spiro atoms. The topological polar surface area (TPSA) is 78.4 Å². The molecule has 6 nitrogen and oxygen atoms in total. The molecule has 8 heteroatoms. The van der Waals surface area contributed by atoms with Crippen LogP contribution in [0.15, 0.2) is 54.7 Å². The number of ketones is 1. The summed E-state index contributed by atoms with van der Waals surface area (Å²) in [7, 11) is 0. The number of carbonyl (C=O) groups is 2. The Bertz CT molecular complexity index is 1060. The summed E-state index contributed by atoms with van der Waals surface area (Å²) in [6.07, 6.45) is 1.06. The maximum atomic E-state index is 13.8. The molecular formula is C22H18ClFN2O4. The fourth-order valence-corrected chi connectivity index (χ4v) is 2.80. The van der Waals surface area contributed by atoms with Crippen LogP contribution in [0, 0.1) is 5.82 Å². The van der Waals surface area contributed by atoms with Crippen LogP contribution in [0.5, 0.6) is 11.6 Å². The van der Waals surface area contributed by atoms with Gasteiger partial charge in [-0.2, -0.15) is 0 Å². The average Bonchev–Trinajstić information content (AvgIpc) is 2.71. The van der Waals surface area contributed by atoms with Crippen molar-refractivity contribution in [3.63, 3.8) is 0 Å². The summed E-state index contributed by atoms with van der Waals surface area (Å²) < 4.78 is 24.0. The summed E-state index contributed by atoms with van der Waals surface area (Å²) >= 11 is 5.68. The fourth-order valence-electron chi connectivity index (χ4n) is 2.66. The number of ether oxygens (including phenoxy) is 2. The Morgan fingerprint density at radius 1 is 1.13 bits per heavy atom. The highest BCUT2D eigenvalue weighted by Crippen LogP contribution is 2.26. The molecule has 3 aromatic rings. The molecule has 0 bridgehead atoms. The van der Waals surface area contributed by atoms with E-state index in [4.69, 9.17) is 21.1 Å². The summed E-state index contributed by atoms with van der Waals surface area (Å²) in [6, 6.07) is 13.3. The standard InChI is InChI=1S/C22H18ClFN2O4/c1-2-29-21(28)12-17(27)11-16-4-3-5-20(26-16)14-6-8-18(9-7-14)30-22-19(24)10-15(23)13-25-22/h3-10,13H,2,11-12H2,1H3. The number of esters is 1. The molecule has 0 atom stereocenters. The Labute approximate surface area is 177 Å². The van der Waals surface area contributed by atoms with Gasteiger partial charge in [-0.3, -0.25) is 14.6 Å². The first-order chi connectivity index (χ1) is 14.4. The molecule has 1 aromatic carbocycles. The molecule has 0 fully saturated rings. The molecule has 30 heavy (non-hydrogen) atoms. The number of rotatable bonds is 8. The smallest absolute Gasteiger partial charge is 0.313 e. The molecule has 0 saturated heterocycles. The van der Waals surface area contributed by atoms with Gasteiger partial charge in [0, 0.05) is 23.9 Å². The van der Waals surface area contributed by atoms with Crippen LogP contribution >= 0.6 is 11.6 Å². The van der Waals surface area contributed by atoms with Crippen LogP contribution in [-0.2, 0) is 20.7 Å². The van der Waals surface area contributed by atoms with Crippen LogP contribution < -0.4 is 4.74 Å². The number of benzene rings is 1. The zero-order valence-corrected chi connectivity index (χ0v) is 16.9. The summed E-state index contributed by atoms with van der Waals surface area (Å²) in [4.78, 5) is 31.7. The van der Waals surface area contributed by atoms with E-state index in [0.717, 1.165) is 11.6 Å². The monoisotopic (exact) mass is 428 g/mol. The lowest BCUT2D eigenvalue weighted by Crippen LogP contribution is -2.13. The summed E-state index contributed by atoms with van der Waals surface area (Å²) in [6.45, 7) is 1.92. The van der Waals surface area contributed by atoms with Crippen molar-refractivity contribution < 1.29 is 23.5 Å². The largest absolute Gasteiger partial charge is 0.466 e. The first-order valence-corrected chi connectivity index (χ1v) is 9.55. The predicted octanol–water partition coefficient (Wildman–Crippen LogP) is 4.79. The van der Waals surface area contributed by atoms with Crippen LogP contribution in [0.4, 0.5) is 4.39 Å². The van der Waals surface area contributed by atoms with Gasteiger partial charge in [0.2, 0.25) is 0 Å². The van der Waals surface area contributed by atoms with Crippen molar-refractivity contribution in [2.75, 3.05) is 6.61 Å². The van der Waals surface area contributed by atoms with Gasteiger partial charge in [-0.25, -0.2) is 9.37 Å². The third-order valence-electron chi connectivity index (χ3n) is 3.97. The third-order valence-corrected chi connectivity index (χ3v) is 4.18. The van der Waals surface area contributed by atoms with Crippen molar-refractivity contribution in [1.29, 1.82) is 0 Å². The minimum atomic E-state index is -0.659. The van der Waals surface area contributed by atoms with Gasteiger partial charge in [0.15, 0.2) is 5.82 Å². The predicted molar refractivity (Wildman–Crippen MR) is 109 cm³/mol. The second-order valence-electron chi connectivity index (χ2n) is 6.28. The highest BCUT2D eigenvalue weighted by atomic mass is 35.5. The lowest BCUT2D eigenvalue weighted by atomic mass is 10.1. The maximum absolute atomic E-state index is 13.8. The number of carbonyl (C=O) groups excluding carboxylic acids is 2. The molecule has 0 aliphatic carbocycles. The van der Waals surface area contributed by atoms with E-state index >= 15 is 0 Å². The van der Waals surface area contributed by atoms with Crippen LogP contribution in [0.3, 0.4) is 0 Å². The van der Waals surface area contributed by atoms with Gasteiger partial charge in [0.05, 0.1) is 17.3 Å². The van der Waals surface area contributed by atoms with Gasteiger partial charge in [-0.15, -0.1) is 0 Å². The summed E-state index contributed by atoms with van der Waals surface area (Å²) in [5.74, 6) is -1.24. The molecule has 154 valence electrons. The number of aromatic nitrogens is 2. The normalized spacial score (nSPS) is 10.5. The highest BCUT2D eigenvalue weighted by Gasteiger charge is 2.13. The van der Waals surface area contributed by atoms with Gasteiger partial charge in [-0.1, -0.05) is 17.7 Å². The number of pyridine rings is 2. The van der Waals surface area contributed by atoms with E-state index < -0.39 is 11.8 Å². The molecular weight excluding hydrogens is 411 g/mol. The van der Waals surface area contributed by atoms with Gasteiger partial charge in [-0.05, 0) is 49.4 Å². The second kappa shape index (κ2) is 9.93. The van der Waals surface area contributed by atoms with Crippen molar-refractivity contribution >= 4 is 23.4 Å². The van der Waals surface area contributed by atoms with E-state index in [1.165, 1.54) is 6.20 Å². The zero-order chi connectivity index (χ0) is 21.5. The lowest BCUT2D eigenvalue weighted by Gasteiger charge is -2.08. The molecule has 0 radical (unpaired) electrons. The second-order valence-corrected chi connectivity index (χ2v) is 6.71. The van der Waals surface area contributed by atoms with Crippen molar-refractivity contribution in [2.45, 2.75) is 19.8 Å². The molecule has 0 amide bonds. The Morgan fingerprint density at radius 2 is 1.90 bits per heavy atom. The number of hydrogen-bond donors (Lipinski definition) is 0. The summed E-state index contributed by atoms with van der Waals surface area (Å²) in [5, 5.41) is 0.182. The van der Waals surface area contributed by atoms with Crippen LogP contribution in [-0.4, -0.2) is 28.3 Å². The maximum Gasteiger partial charge on any atom is 0.313 e. The van der Waals surface area contributed by atoms with E-state index in [1.807, 2.05) is 0 Å². The molecule has 2 aromatic heterocycles. The molecule has 0 N–H and O–H groups in total. The molecule has 0 aliphatic rings. The first-order valence-electron chi connectivity index (χ1n) is 9.17. The van der Waals surface area contributed by atoms with Gasteiger partial charge in [0.1, 0.15) is 18.0 Å². The van der Waals surface area contributed by atoms with E-state index in [9.17, 15) is 14.0 Å². The van der Waals surface area contributed by atoms with E-state index in [-0.39, 0.29) is 36.1 Å². The van der Waals surface area contributed by atoms with Crippen molar-refractivity contribution in [2.24, 2.45) is 0 Å². The number of nitrogens with zero attached hydrogens (tertiary/aromatic N) is 2. The third kappa shape index (κ3) is 5.84. The van der Waals surface area contributed by atoms with Crippen molar-refractivity contribution in [3.8, 4) is 22.9 Å². The van der Waals surface area contributed by atoms with Gasteiger partial charge < -0.3 is 9.47 Å². The van der Waals surface area contributed by atoms with Crippen molar-refractivity contribution in [3.05, 3.63) is 71.3 Å². The highest BCUT2D eigenvalue weighted by molar-refractivity contribution is 6.30. The zero-order valence-electron chi connectivity index (χ0n) is 16.1. The van der Waals surface area contributed by atoms with Crippen LogP contribution in [0.25, 0.3) is 11.3 Å². The van der Waals surface area contributed by atoms with Gasteiger partial charge in [0.25, 0.3) is 5.88 Å². The minimum absolute atomic E-state index is 0.0371. The number of halogens is 2. The Hall–Kier alpha value is -3.32. The molecule has 2 heterocycles. The van der Waals surface area contributed by atoms with Crippen molar-refractivity contribution in [1.82, 2.24) is 9.97 Å². The Morgan fingerprint density at radius 3 is 2.60 bits per heavy atom. The van der Waals surface area contributed by atoms with Crippen LogP contribution in [0.2, 0.25) is 5.02 Å². The first kappa shape index (κ1) is 21.4. The minimum Gasteiger partial charge on any atom is -0.466 e. The van der Waals surface area contributed by atoms with Gasteiger partial charge >= 0.3 is 5.97 Å².